The number of ether oxygens (including phenoxy) is 9. The Balaban J connectivity index is 1.37. The number of esters is 1. The summed E-state index contributed by atoms with van der Waals surface area (Å²) in [6.07, 6.45) is 0. The van der Waals surface area contributed by atoms with Crippen LogP contribution in [0.3, 0.4) is 0 Å². The number of carbonyl (C=O) groups excluding carboxylic acids is 1. The molecule has 3 aliphatic rings. The molecule has 66 heavy (non-hydrogen) atoms. The van der Waals surface area contributed by atoms with Crippen LogP contribution in [0.2, 0.25) is 0 Å². The van der Waals surface area contributed by atoms with Crippen LogP contribution in [-0.2, 0) is 28.4 Å². The molecule has 0 N–H and O–H groups in total. The Kier molecular flexibility index (Phi) is 19.6. The summed E-state index contributed by atoms with van der Waals surface area (Å²) in [4.78, 5) is 30.3. The van der Waals surface area contributed by atoms with Crippen molar-refractivity contribution < 1.29 is 52.3 Å². The number of fused-ring (bicyclic) bond motifs is 20. The van der Waals surface area contributed by atoms with Crippen LogP contribution in [0, 0.1) is 24.0 Å². The van der Waals surface area contributed by atoms with Crippen LogP contribution in [-0.4, -0.2) is 143 Å². The summed E-state index contributed by atoms with van der Waals surface area (Å²) < 4.78 is 54.5. The van der Waals surface area contributed by atoms with E-state index in [0.29, 0.717) is 123 Å². The Bertz CT molecular complexity index is 2110. The fourth-order valence-electron chi connectivity index (χ4n) is 7.31. The smallest absolute Gasteiger partial charge is 0.340 e. The van der Waals surface area contributed by atoms with Crippen molar-refractivity contribution in [3.8, 4) is 17.2 Å². The highest BCUT2D eigenvalue weighted by Gasteiger charge is 2.21. The Morgan fingerprint density at radius 1 is 0.636 bits per heavy atom. The van der Waals surface area contributed by atoms with Crippen molar-refractivity contribution in [2.24, 2.45) is 10.2 Å². The fourth-order valence-corrected chi connectivity index (χ4v) is 7.31. The molecular weight excluding hydrogens is 853 g/mol. The van der Waals surface area contributed by atoms with Gasteiger partial charge in [0.25, 0.3) is 5.69 Å². The second kappa shape index (κ2) is 26.2. The molecule has 2 bridgehead atoms. The maximum atomic E-state index is 12.8. The third-order valence-corrected chi connectivity index (χ3v) is 10.7. The van der Waals surface area contributed by atoms with Gasteiger partial charge in [0.15, 0.2) is 0 Å². The van der Waals surface area contributed by atoms with Gasteiger partial charge in [0.05, 0.1) is 112 Å². The molecule has 1 saturated heterocycles. The number of nitro benzene ring substituents is 1. The van der Waals surface area contributed by atoms with E-state index >= 15 is 0 Å². The quantitative estimate of drug-likeness (QED) is 0.0381. The molecule has 3 heterocycles. The molecule has 0 atom stereocenters. The number of non-ortho nitro benzene ring substituents is 1. The minimum Gasteiger partial charge on any atom is -0.490 e. The first kappa shape index (κ1) is 49.4. The molecule has 0 spiro atoms. The monoisotopic (exact) mass is 914 g/mol. The molecule has 0 saturated carbocycles. The number of hydrogen-bond donors (Lipinski definition) is 0. The predicted octanol–water partition coefficient (Wildman–Crippen LogP) is 7.50. The van der Waals surface area contributed by atoms with E-state index in [4.69, 9.17) is 42.6 Å². The van der Waals surface area contributed by atoms with Crippen molar-refractivity contribution in [1.29, 1.82) is 0 Å². The Labute approximate surface area is 386 Å². The molecule has 1 fully saturated rings. The lowest BCUT2D eigenvalue weighted by Crippen LogP contribution is -2.34. The Hall–Kier alpha value is -6.05. The topological polar surface area (TPSA) is 178 Å². The molecule has 18 nitrogen and oxygen atoms in total. The highest BCUT2D eigenvalue weighted by atomic mass is 16.6. The molecule has 18 heteroatoms. The van der Waals surface area contributed by atoms with E-state index in [1.807, 2.05) is 32.0 Å². The first-order chi connectivity index (χ1) is 32.2. The molecule has 3 aliphatic heterocycles. The van der Waals surface area contributed by atoms with E-state index in [1.165, 1.54) is 12.1 Å². The predicted molar refractivity (Wildman–Crippen MR) is 250 cm³/mol. The molecule has 0 unspecified atom stereocenters. The van der Waals surface area contributed by atoms with Crippen molar-refractivity contribution in [2.75, 3.05) is 147 Å². The molecule has 356 valence electrons. The summed E-state index contributed by atoms with van der Waals surface area (Å²) in [5, 5.41) is 20.3. The minimum absolute atomic E-state index is 0.0743. The van der Waals surface area contributed by atoms with Crippen LogP contribution in [0.5, 0.6) is 17.2 Å². The third-order valence-electron chi connectivity index (χ3n) is 10.7. The van der Waals surface area contributed by atoms with Gasteiger partial charge in [-0.15, -0.1) is 5.11 Å². The molecule has 0 aromatic heterocycles. The van der Waals surface area contributed by atoms with E-state index in [1.54, 1.807) is 26.2 Å². The van der Waals surface area contributed by atoms with E-state index in [9.17, 15) is 14.9 Å². The minimum atomic E-state index is -0.745. The summed E-state index contributed by atoms with van der Waals surface area (Å²) >= 11 is 0. The van der Waals surface area contributed by atoms with Gasteiger partial charge in [-0.1, -0.05) is 12.1 Å². The number of benzene rings is 4. The van der Waals surface area contributed by atoms with Crippen LogP contribution in [0.15, 0.2) is 83.0 Å². The molecule has 7 rings (SSSR count). The molecule has 0 radical (unpaired) electrons. The van der Waals surface area contributed by atoms with E-state index < -0.39 is 10.9 Å². The standard InChI is InChI=1S/C48H62N6O12/c1-5-63-48(55)40-35-39(54(56)57)9-10-41(40)50-49-38-8-13-44(47(34-38)66-31-26-58-4)53-18-24-64-45-32-36(2)6-11-42(45)51-14-20-59-27-29-61-22-16-52(17-23-62-30-28-60-21-15-51)43-12-7-37(3)33-46(43)65-25-19-53/h6-13,32-35H,5,14-31H2,1-4H3/b50-49+. The number of nitro groups is 1. The van der Waals surface area contributed by atoms with Crippen molar-refractivity contribution in [3.63, 3.8) is 0 Å². The Morgan fingerprint density at radius 2 is 1.15 bits per heavy atom. The van der Waals surface area contributed by atoms with Gasteiger partial charge in [-0.25, -0.2) is 4.79 Å². The van der Waals surface area contributed by atoms with Crippen LogP contribution in [0.25, 0.3) is 0 Å². The zero-order chi connectivity index (χ0) is 46.5. The molecule has 4 aromatic rings. The van der Waals surface area contributed by atoms with Crippen LogP contribution < -0.4 is 28.9 Å². The third kappa shape index (κ3) is 14.7. The van der Waals surface area contributed by atoms with Gasteiger partial charge >= 0.3 is 5.97 Å². The van der Waals surface area contributed by atoms with Gasteiger partial charge in [-0.3, -0.25) is 10.1 Å². The molecule has 0 aliphatic carbocycles. The second-order valence-corrected chi connectivity index (χ2v) is 15.4. The summed E-state index contributed by atoms with van der Waals surface area (Å²) in [6, 6.07) is 21.6. The number of rotatable bonds is 10. The van der Waals surface area contributed by atoms with Crippen molar-refractivity contribution in [1.82, 2.24) is 0 Å². The van der Waals surface area contributed by atoms with Gasteiger partial charge < -0.3 is 57.3 Å². The first-order valence-corrected chi connectivity index (χ1v) is 22.4. The highest BCUT2D eigenvalue weighted by molar-refractivity contribution is 5.95. The Morgan fingerprint density at radius 3 is 1.67 bits per heavy atom. The molecule has 4 aromatic carbocycles. The largest absolute Gasteiger partial charge is 0.490 e. The van der Waals surface area contributed by atoms with Crippen LogP contribution >= 0.6 is 0 Å². The first-order valence-electron chi connectivity index (χ1n) is 22.4. The SMILES string of the molecule is CCOC(=O)c1cc([N+](=O)[O-])ccc1/N=N/c1ccc(N2CCOc3cc(C)ccc3N3CCOCCOCCN(CCOCCOCC3)c3ccc(C)cc3OCC2)c(OCCOC)c1. The maximum absolute atomic E-state index is 12.8. The number of anilines is 3. The van der Waals surface area contributed by atoms with Crippen LogP contribution in [0.1, 0.15) is 28.4 Å². The van der Waals surface area contributed by atoms with Gasteiger partial charge in [0.1, 0.15) is 42.8 Å². The number of methoxy groups -OCH3 is 1. The lowest BCUT2D eigenvalue weighted by atomic mass is 10.1. The normalized spacial score (nSPS) is 16.4. The van der Waals surface area contributed by atoms with Gasteiger partial charge in [-0.05, 0) is 74.4 Å². The number of azo groups is 1. The zero-order valence-corrected chi connectivity index (χ0v) is 38.4. The number of aryl methyl sites for hydroxylation is 2. The van der Waals surface area contributed by atoms with E-state index in [2.05, 4.69) is 49.2 Å². The average molecular weight is 915 g/mol. The molecular formula is C48H62N6O12. The van der Waals surface area contributed by atoms with E-state index in [0.717, 1.165) is 45.8 Å². The summed E-state index contributed by atoms with van der Waals surface area (Å²) in [7, 11) is 1.60. The fraction of sp³-hybridized carbons (Fsp3) is 0.479. The number of hydrogen-bond acceptors (Lipinski definition) is 17. The number of nitrogens with zero attached hydrogens (tertiary/aromatic N) is 6. The molecule has 0 amide bonds. The van der Waals surface area contributed by atoms with Gasteiger partial charge in [-0.2, -0.15) is 5.11 Å². The summed E-state index contributed by atoms with van der Waals surface area (Å²) in [6.45, 7) is 14.2. The second-order valence-electron chi connectivity index (χ2n) is 15.4. The summed E-state index contributed by atoms with van der Waals surface area (Å²) in [5.41, 5.74) is 4.91. The van der Waals surface area contributed by atoms with Crippen molar-refractivity contribution >= 4 is 40.1 Å². The zero-order valence-electron chi connectivity index (χ0n) is 38.4. The average Bonchev–Trinajstić information content (AvgIpc) is 3.30. The highest BCUT2D eigenvalue weighted by Crippen LogP contribution is 2.36. The lowest BCUT2D eigenvalue weighted by molar-refractivity contribution is -0.384. The van der Waals surface area contributed by atoms with Crippen molar-refractivity contribution in [2.45, 2.75) is 20.8 Å². The van der Waals surface area contributed by atoms with Gasteiger partial charge in [0.2, 0.25) is 0 Å². The lowest BCUT2D eigenvalue weighted by Gasteiger charge is -2.29. The van der Waals surface area contributed by atoms with Gasteiger partial charge in [0, 0.05) is 51.5 Å². The number of carbonyl (C=O) groups is 1. The maximum Gasteiger partial charge on any atom is 0.340 e. The van der Waals surface area contributed by atoms with Crippen molar-refractivity contribution in [3.05, 3.63) is 99.6 Å². The van der Waals surface area contributed by atoms with Crippen LogP contribution in [0.4, 0.5) is 34.1 Å². The summed E-state index contributed by atoms with van der Waals surface area (Å²) in [5.74, 6) is 1.23. The van der Waals surface area contributed by atoms with E-state index in [-0.39, 0.29) is 30.2 Å².